The molecule has 0 atom stereocenters. The van der Waals surface area contributed by atoms with Gasteiger partial charge in [-0.2, -0.15) is 0 Å². The van der Waals surface area contributed by atoms with Gasteiger partial charge in [0.25, 0.3) is 0 Å². The predicted molar refractivity (Wildman–Crippen MR) is 81.1 cm³/mol. The van der Waals surface area contributed by atoms with Crippen molar-refractivity contribution in [1.29, 1.82) is 0 Å². The van der Waals surface area contributed by atoms with Gasteiger partial charge in [-0.1, -0.05) is 0 Å². The first-order valence-electron chi connectivity index (χ1n) is 5.05. The van der Waals surface area contributed by atoms with Crippen molar-refractivity contribution < 1.29 is 14.3 Å². The molecule has 0 saturated heterocycles. The summed E-state index contributed by atoms with van der Waals surface area (Å²) in [5.74, 6) is -0.325. The van der Waals surface area contributed by atoms with Gasteiger partial charge in [-0.15, -0.1) is 22.7 Å². The lowest BCUT2D eigenvalue weighted by Crippen LogP contribution is -2.02. The Morgan fingerprint density at radius 2 is 1.61 bits per heavy atom. The van der Waals surface area contributed by atoms with Crippen molar-refractivity contribution >= 4 is 75.7 Å². The molecule has 0 radical (unpaired) electrons. The number of rotatable bonds is 3. The molecule has 2 aromatic heterocycles. The molecule has 0 aliphatic heterocycles. The van der Waals surface area contributed by atoms with Crippen LogP contribution in [0.2, 0.25) is 0 Å². The normalized spacial score (nSPS) is 10.9. The second kappa shape index (κ2) is 5.40. The molecule has 0 unspecified atom stereocenters. The van der Waals surface area contributed by atoms with Gasteiger partial charge in [-0.05, 0) is 45.7 Å². The SMILES string of the molecule is CCOC(=O)c1sc2c(Br)c(C(C)=O)sc2c1Br. The number of Topliss-reactive ketones (excluding diaryl/α,β-unsaturated/α-hetero) is 1. The third-order valence-corrected chi connectivity index (χ3v) is 7.45. The van der Waals surface area contributed by atoms with E-state index in [0.717, 1.165) is 13.9 Å². The quantitative estimate of drug-likeness (QED) is 0.534. The molecule has 2 rings (SSSR count). The maximum atomic E-state index is 11.7. The highest BCUT2D eigenvalue weighted by molar-refractivity contribution is 9.11. The van der Waals surface area contributed by atoms with E-state index in [-0.39, 0.29) is 11.8 Å². The Hall–Kier alpha value is -0.240. The van der Waals surface area contributed by atoms with Gasteiger partial charge in [-0.3, -0.25) is 4.79 Å². The largest absolute Gasteiger partial charge is 0.462 e. The first kappa shape index (κ1) is 14.2. The highest BCUT2D eigenvalue weighted by Gasteiger charge is 2.24. The van der Waals surface area contributed by atoms with Crippen LogP contribution in [0.3, 0.4) is 0 Å². The Kier molecular flexibility index (Phi) is 4.25. The van der Waals surface area contributed by atoms with Crippen LogP contribution < -0.4 is 0 Å². The number of thiophene rings is 2. The third-order valence-electron chi connectivity index (χ3n) is 2.19. The van der Waals surface area contributed by atoms with Crippen molar-refractivity contribution in [2.75, 3.05) is 6.61 Å². The average Bonchev–Trinajstić information content (AvgIpc) is 2.79. The summed E-state index contributed by atoms with van der Waals surface area (Å²) in [6.45, 7) is 3.64. The summed E-state index contributed by atoms with van der Waals surface area (Å²) in [4.78, 5) is 24.4. The lowest BCUT2D eigenvalue weighted by atomic mass is 10.3. The number of fused-ring (bicyclic) bond motifs is 1. The van der Waals surface area contributed by atoms with Gasteiger partial charge in [0.1, 0.15) is 4.88 Å². The molecule has 0 saturated carbocycles. The van der Waals surface area contributed by atoms with Crippen molar-refractivity contribution in [3.63, 3.8) is 0 Å². The summed E-state index contributed by atoms with van der Waals surface area (Å²) in [6.07, 6.45) is 0. The monoisotopic (exact) mass is 410 g/mol. The van der Waals surface area contributed by atoms with Gasteiger partial charge in [0.05, 0.1) is 29.8 Å². The number of ether oxygens (including phenoxy) is 1. The van der Waals surface area contributed by atoms with E-state index in [1.54, 1.807) is 6.92 Å². The average molecular weight is 412 g/mol. The third kappa shape index (κ3) is 2.29. The Balaban J connectivity index is 2.59. The van der Waals surface area contributed by atoms with E-state index in [4.69, 9.17) is 4.74 Å². The minimum absolute atomic E-state index is 0.0138. The minimum atomic E-state index is -0.339. The lowest BCUT2D eigenvalue weighted by molar-refractivity contribution is 0.0531. The smallest absolute Gasteiger partial charge is 0.349 e. The number of hydrogen-bond donors (Lipinski definition) is 0. The predicted octanol–water partition coefficient (Wildman–Crippen LogP) is 4.87. The fraction of sp³-hybridized carbons (Fsp3) is 0.273. The Morgan fingerprint density at radius 3 is 2.11 bits per heavy atom. The highest BCUT2D eigenvalue weighted by atomic mass is 79.9. The van der Waals surface area contributed by atoms with E-state index in [0.29, 0.717) is 20.8 Å². The molecule has 0 fully saturated rings. The van der Waals surface area contributed by atoms with Crippen molar-refractivity contribution in [3.8, 4) is 0 Å². The van der Waals surface area contributed by atoms with E-state index in [1.807, 2.05) is 0 Å². The Bertz CT molecular complexity index is 642. The van der Waals surface area contributed by atoms with Gasteiger partial charge in [0, 0.05) is 0 Å². The standard InChI is InChI=1S/C11H8Br2O3S2/c1-3-16-11(15)10-6(13)9-8(18-10)5(12)7(17-9)4(2)14/h3H2,1-2H3. The van der Waals surface area contributed by atoms with E-state index in [2.05, 4.69) is 31.9 Å². The van der Waals surface area contributed by atoms with Crippen LogP contribution in [0.25, 0.3) is 9.40 Å². The molecule has 0 spiro atoms. The van der Waals surface area contributed by atoms with Crippen molar-refractivity contribution in [2.24, 2.45) is 0 Å². The number of hydrogen-bond acceptors (Lipinski definition) is 5. The molecule has 0 bridgehead atoms. The number of carbonyl (C=O) groups is 2. The number of carbonyl (C=O) groups excluding carboxylic acids is 2. The second-order valence-corrected chi connectivity index (χ2v) is 7.05. The second-order valence-electron chi connectivity index (χ2n) is 3.43. The first-order valence-corrected chi connectivity index (χ1v) is 8.27. The van der Waals surface area contributed by atoms with E-state index in [1.165, 1.54) is 29.6 Å². The topological polar surface area (TPSA) is 43.4 Å². The zero-order chi connectivity index (χ0) is 13.4. The van der Waals surface area contributed by atoms with Gasteiger partial charge in [0.2, 0.25) is 0 Å². The summed E-state index contributed by atoms with van der Waals surface area (Å²) in [5.41, 5.74) is 0. The molecular formula is C11H8Br2O3S2. The van der Waals surface area contributed by atoms with Crippen LogP contribution in [0.5, 0.6) is 0 Å². The van der Waals surface area contributed by atoms with Gasteiger partial charge >= 0.3 is 5.97 Å². The minimum Gasteiger partial charge on any atom is -0.462 e. The molecule has 2 heterocycles. The molecule has 18 heavy (non-hydrogen) atoms. The number of esters is 1. The molecule has 0 N–H and O–H groups in total. The maximum Gasteiger partial charge on any atom is 0.349 e. The molecule has 2 aromatic rings. The molecule has 7 heteroatoms. The fourth-order valence-electron chi connectivity index (χ4n) is 1.44. The van der Waals surface area contributed by atoms with Crippen molar-refractivity contribution in [2.45, 2.75) is 13.8 Å². The highest BCUT2D eigenvalue weighted by Crippen LogP contribution is 2.46. The summed E-state index contributed by atoms with van der Waals surface area (Å²) in [7, 11) is 0. The van der Waals surface area contributed by atoms with Gasteiger partial charge in [0.15, 0.2) is 5.78 Å². The lowest BCUT2D eigenvalue weighted by Gasteiger charge is -1.98. The van der Waals surface area contributed by atoms with Crippen LogP contribution >= 0.6 is 54.5 Å². The summed E-state index contributed by atoms with van der Waals surface area (Å²) in [5, 5.41) is 0. The van der Waals surface area contributed by atoms with Crippen LogP contribution in [0.4, 0.5) is 0 Å². The number of ketones is 1. The van der Waals surface area contributed by atoms with E-state index < -0.39 is 0 Å². The van der Waals surface area contributed by atoms with Crippen LogP contribution in [0.15, 0.2) is 8.95 Å². The van der Waals surface area contributed by atoms with Gasteiger partial charge in [-0.25, -0.2) is 4.79 Å². The molecular weight excluding hydrogens is 404 g/mol. The zero-order valence-electron chi connectivity index (χ0n) is 9.50. The molecule has 0 aromatic carbocycles. The summed E-state index contributed by atoms with van der Waals surface area (Å²) in [6, 6.07) is 0. The maximum absolute atomic E-state index is 11.7. The zero-order valence-corrected chi connectivity index (χ0v) is 14.3. The van der Waals surface area contributed by atoms with E-state index >= 15 is 0 Å². The molecule has 96 valence electrons. The van der Waals surface area contributed by atoms with Crippen molar-refractivity contribution in [1.82, 2.24) is 0 Å². The van der Waals surface area contributed by atoms with Crippen LogP contribution in [-0.4, -0.2) is 18.4 Å². The summed E-state index contributed by atoms with van der Waals surface area (Å²) >= 11 is 9.52. The number of halogens is 2. The fourth-order valence-corrected chi connectivity index (χ4v) is 5.74. The van der Waals surface area contributed by atoms with Crippen LogP contribution in [-0.2, 0) is 4.74 Å². The Morgan fingerprint density at radius 1 is 1.11 bits per heavy atom. The van der Waals surface area contributed by atoms with E-state index in [9.17, 15) is 9.59 Å². The molecule has 0 aliphatic carbocycles. The first-order chi connectivity index (χ1) is 8.47. The molecule has 0 aliphatic rings. The van der Waals surface area contributed by atoms with Crippen LogP contribution in [0.1, 0.15) is 33.2 Å². The van der Waals surface area contributed by atoms with Crippen molar-refractivity contribution in [3.05, 3.63) is 18.7 Å². The summed E-state index contributed by atoms with van der Waals surface area (Å²) < 4.78 is 8.26. The Labute approximate surface area is 128 Å². The molecule has 3 nitrogen and oxygen atoms in total. The van der Waals surface area contributed by atoms with Gasteiger partial charge < -0.3 is 4.74 Å². The molecule has 0 amide bonds. The van der Waals surface area contributed by atoms with Crippen LogP contribution in [0, 0.1) is 0 Å².